The Morgan fingerprint density at radius 2 is 0.980 bits per heavy atom. The van der Waals surface area contributed by atoms with Gasteiger partial charge in [-0.1, -0.05) is 96.1 Å². The number of esters is 1. The lowest BCUT2D eigenvalue weighted by Gasteiger charge is -2.08. The average Bonchev–Trinajstić information content (AvgIpc) is 3.13. The van der Waals surface area contributed by atoms with Crippen LogP contribution in [0.15, 0.2) is 156 Å². The lowest BCUT2D eigenvalue weighted by molar-refractivity contribution is -0.217. The van der Waals surface area contributed by atoms with Gasteiger partial charge in [-0.2, -0.15) is 4.89 Å². The first-order valence-electron chi connectivity index (χ1n) is 16.1. The Kier molecular flexibility index (Phi) is 10.8. The minimum Gasteiger partial charge on any atom is -0.423 e. The second kappa shape index (κ2) is 16.1. The summed E-state index contributed by atoms with van der Waals surface area (Å²) in [7, 11) is 0. The Labute approximate surface area is 286 Å². The van der Waals surface area contributed by atoms with Gasteiger partial charge in [-0.25, -0.2) is 4.79 Å². The maximum absolute atomic E-state index is 12.7. The maximum Gasteiger partial charge on any atom is 0.343 e. The van der Waals surface area contributed by atoms with Crippen molar-refractivity contribution in [2.24, 2.45) is 9.98 Å². The third kappa shape index (κ3) is 9.94. The van der Waals surface area contributed by atoms with E-state index >= 15 is 0 Å². The summed E-state index contributed by atoms with van der Waals surface area (Å²) in [4.78, 5) is 32.7. The molecule has 6 aromatic carbocycles. The van der Waals surface area contributed by atoms with Crippen molar-refractivity contribution in [3.63, 3.8) is 0 Å². The van der Waals surface area contributed by atoms with Crippen molar-refractivity contribution in [1.82, 2.24) is 0 Å². The molecule has 0 aliphatic heterocycles. The van der Waals surface area contributed by atoms with Gasteiger partial charge >= 0.3 is 5.97 Å². The standard InChI is InChI=1S/C43H36N2O4/c1-31-3-19-39(20-4-31)44-28-35-7-9-37(10-8-35)30-47-49-42-25-15-34(16-26-42)27-33-13-23-41(24-14-33)48-43(46)38-17-11-36(12-18-38)29-45-40-21-5-32(2)6-22-40/h3-26,28-29H,27,30H2,1-2H3/b44-28+,45-29+. The van der Waals surface area contributed by atoms with Crippen molar-refractivity contribution in [3.05, 3.63) is 190 Å². The highest BCUT2D eigenvalue weighted by molar-refractivity contribution is 5.92. The number of aryl methyl sites for hydroxylation is 2. The number of rotatable bonds is 12. The van der Waals surface area contributed by atoms with E-state index < -0.39 is 5.97 Å². The van der Waals surface area contributed by atoms with Crippen LogP contribution in [0.4, 0.5) is 11.4 Å². The fourth-order valence-corrected chi connectivity index (χ4v) is 4.87. The molecule has 6 aromatic rings. The SMILES string of the molecule is Cc1ccc(/N=C/c2ccc(COOc3ccc(Cc4ccc(OC(=O)c5ccc(/C=N/c6ccc(C)cc6)cc5)cc4)cc3)cc2)cc1. The first-order chi connectivity index (χ1) is 23.9. The number of benzene rings is 6. The van der Waals surface area contributed by atoms with Crippen molar-refractivity contribution in [1.29, 1.82) is 0 Å². The second-order valence-corrected chi connectivity index (χ2v) is 11.8. The molecule has 0 aliphatic carbocycles. The van der Waals surface area contributed by atoms with Crippen molar-refractivity contribution in [3.8, 4) is 11.5 Å². The van der Waals surface area contributed by atoms with Crippen LogP contribution in [-0.2, 0) is 17.9 Å². The maximum atomic E-state index is 12.7. The summed E-state index contributed by atoms with van der Waals surface area (Å²) in [5.74, 6) is 0.706. The molecule has 0 N–H and O–H groups in total. The van der Waals surface area contributed by atoms with Gasteiger partial charge in [0.1, 0.15) is 12.4 Å². The summed E-state index contributed by atoms with van der Waals surface area (Å²) in [5.41, 5.74) is 9.80. The zero-order valence-electron chi connectivity index (χ0n) is 27.5. The van der Waals surface area contributed by atoms with E-state index in [0.717, 1.165) is 45.6 Å². The van der Waals surface area contributed by atoms with Crippen LogP contribution in [0.25, 0.3) is 0 Å². The minimum atomic E-state index is -0.409. The Hall–Kier alpha value is -6.11. The second-order valence-electron chi connectivity index (χ2n) is 11.8. The normalized spacial score (nSPS) is 11.2. The van der Waals surface area contributed by atoms with Crippen molar-refractivity contribution >= 4 is 29.8 Å². The van der Waals surface area contributed by atoms with E-state index in [9.17, 15) is 4.79 Å². The summed E-state index contributed by atoms with van der Waals surface area (Å²) in [6.45, 7) is 4.42. The molecule has 0 fully saturated rings. The first kappa shape index (κ1) is 32.8. The molecule has 0 amide bonds. The molecular weight excluding hydrogens is 608 g/mol. The van der Waals surface area contributed by atoms with Crippen LogP contribution >= 0.6 is 0 Å². The third-order valence-electron chi connectivity index (χ3n) is 7.77. The fourth-order valence-electron chi connectivity index (χ4n) is 4.87. The van der Waals surface area contributed by atoms with E-state index in [1.807, 2.05) is 147 Å². The summed E-state index contributed by atoms with van der Waals surface area (Å²) in [6.07, 6.45) is 4.35. The van der Waals surface area contributed by atoms with Gasteiger partial charge in [0.05, 0.1) is 16.9 Å². The van der Waals surface area contributed by atoms with Gasteiger partial charge in [-0.05, 0) is 109 Å². The molecule has 0 aliphatic rings. The van der Waals surface area contributed by atoms with E-state index in [4.69, 9.17) is 14.5 Å². The smallest absolute Gasteiger partial charge is 0.343 e. The molecular formula is C43H36N2O4. The monoisotopic (exact) mass is 644 g/mol. The lowest BCUT2D eigenvalue weighted by Crippen LogP contribution is -2.08. The summed E-state index contributed by atoms with van der Waals surface area (Å²) in [6, 6.07) is 46.6. The predicted octanol–water partition coefficient (Wildman–Crippen LogP) is 10.1. The Balaban J connectivity index is 0.929. The highest BCUT2D eigenvalue weighted by Gasteiger charge is 2.09. The van der Waals surface area contributed by atoms with E-state index in [1.165, 1.54) is 11.1 Å². The Morgan fingerprint density at radius 1 is 0.531 bits per heavy atom. The number of aliphatic imine (C=N–C) groups is 2. The number of carbonyl (C=O) groups excluding carboxylic acids is 1. The molecule has 242 valence electrons. The molecule has 6 rings (SSSR count). The van der Waals surface area contributed by atoms with Crippen LogP contribution in [0.5, 0.6) is 11.5 Å². The molecule has 0 unspecified atom stereocenters. The van der Waals surface area contributed by atoms with Crippen molar-refractivity contribution in [2.45, 2.75) is 26.9 Å². The highest BCUT2D eigenvalue weighted by Crippen LogP contribution is 2.20. The molecule has 0 radical (unpaired) electrons. The van der Waals surface area contributed by atoms with E-state index in [1.54, 1.807) is 18.3 Å². The van der Waals surface area contributed by atoms with Gasteiger partial charge in [-0.3, -0.25) is 9.98 Å². The van der Waals surface area contributed by atoms with E-state index in [0.29, 0.717) is 23.7 Å². The number of carbonyl (C=O) groups is 1. The molecule has 0 bridgehead atoms. The summed E-state index contributed by atoms with van der Waals surface area (Å²) < 4.78 is 5.60. The molecule has 0 atom stereocenters. The van der Waals surface area contributed by atoms with Crippen LogP contribution in [0.1, 0.15) is 49.3 Å². The zero-order valence-corrected chi connectivity index (χ0v) is 27.5. The Bertz CT molecular complexity index is 2010. The molecule has 0 aromatic heterocycles. The van der Waals surface area contributed by atoms with Gasteiger partial charge in [-0.15, -0.1) is 0 Å². The number of hydrogen-bond acceptors (Lipinski definition) is 6. The Morgan fingerprint density at radius 3 is 1.49 bits per heavy atom. The highest BCUT2D eigenvalue weighted by atomic mass is 17.2. The molecule has 6 heteroatoms. The first-order valence-corrected chi connectivity index (χ1v) is 16.1. The molecule has 49 heavy (non-hydrogen) atoms. The topological polar surface area (TPSA) is 69.5 Å². The van der Waals surface area contributed by atoms with Gasteiger partial charge < -0.3 is 9.62 Å². The zero-order chi connectivity index (χ0) is 33.8. The average molecular weight is 645 g/mol. The number of hydrogen-bond donors (Lipinski definition) is 0. The van der Waals surface area contributed by atoms with Crippen LogP contribution in [0.3, 0.4) is 0 Å². The van der Waals surface area contributed by atoms with Crippen LogP contribution in [0.2, 0.25) is 0 Å². The summed E-state index contributed by atoms with van der Waals surface area (Å²) in [5, 5.41) is 0. The lowest BCUT2D eigenvalue weighted by atomic mass is 10.0. The van der Waals surface area contributed by atoms with Crippen molar-refractivity contribution in [2.75, 3.05) is 0 Å². The minimum absolute atomic E-state index is 0.322. The predicted molar refractivity (Wildman–Crippen MR) is 196 cm³/mol. The van der Waals surface area contributed by atoms with Crippen molar-refractivity contribution < 1.29 is 19.3 Å². The van der Waals surface area contributed by atoms with Crippen LogP contribution in [0, 0.1) is 13.8 Å². The largest absolute Gasteiger partial charge is 0.423 e. The van der Waals surface area contributed by atoms with E-state index in [2.05, 4.69) is 16.9 Å². The fraction of sp³-hybridized carbons (Fsp3) is 0.0930. The van der Waals surface area contributed by atoms with Gasteiger partial charge in [0.25, 0.3) is 0 Å². The van der Waals surface area contributed by atoms with Crippen LogP contribution in [-0.4, -0.2) is 18.4 Å². The number of ether oxygens (including phenoxy) is 1. The third-order valence-corrected chi connectivity index (χ3v) is 7.77. The molecule has 6 nitrogen and oxygen atoms in total. The molecule has 0 saturated heterocycles. The summed E-state index contributed by atoms with van der Waals surface area (Å²) >= 11 is 0. The van der Waals surface area contributed by atoms with Crippen LogP contribution < -0.4 is 9.62 Å². The van der Waals surface area contributed by atoms with E-state index in [-0.39, 0.29) is 0 Å². The van der Waals surface area contributed by atoms with Gasteiger partial charge in [0.15, 0.2) is 5.75 Å². The quantitative estimate of drug-likeness (QED) is 0.0437. The molecule has 0 saturated carbocycles. The molecule has 0 spiro atoms. The molecule has 0 heterocycles. The van der Waals surface area contributed by atoms with Gasteiger partial charge in [0, 0.05) is 12.4 Å². The van der Waals surface area contributed by atoms with Gasteiger partial charge in [0.2, 0.25) is 0 Å². The number of nitrogens with zero attached hydrogens (tertiary/aromatic N) is 2.